The molecule has 156 valence electrons. The average molecular weight is 498 g/mol. The number of alkyl halides is 3. The predicted octanol–water partition coefficient (Wildman–Crippen LogP) is 3.10. The van der Waals surface area contributed by atoms with Crippen LogP contribution in [0, 0.1) is 0 Å². The quantitative estimate of drug-likeness (QED) is 0.384. The van der Waals surface area contributed by atoms with Crippen LogP contribution in [-0.2, 0) is 25.5 Å². The molecular weight excluding hydrogens is 482 g/mol. The van der Waals surface area contributed by atoms with Crippen molar-refractivity contribution in [1.82, 2.24) is 10.2 Å². The van der Waals surface area contributed by atoms with Crippen LogP contribution in [0.4, 0.5) is 0 Å². The number of amides is 2. The van der Waals surface area contributed by atoms with Crippen LogP contribution in [-0.4, -0.2) is 54.8 Å². The van der Waals surface area contributed by atoms with E-state index in [9.17, 15) is 14.4 Å². The Labute approximate surface area is 191 Å². The molecule has 1 aromatic rings. The van der Waals surface area contributed by atoms with E-state index in [2.05, 4.69) is 5.32 Å². The van der Waals surface area contributed by atoms with Gasteiger partial charge in [-0.15, -0.1) is 11.8 Å². The van der Waals surface area contributed by atoms with Gasteiger partial charge in [0.25, 0.3) is 0 Å². The highest BCUT2D eigenvalue weighted by atomic mass is 35.6. The molecule has 0 aromatic heterocycles. The Bertz CT molecular complexity index is 910. The zero-order valence-corrected chi connectivity index (χ0v) is 18.9. The molecule has 2 saturated heterocycles. The maximum Gasteiger partial charge on any atom is 0.333 e. The number of rotatable bonds is 5. The summed E-state index contributed by atoms with van der Waals surface area (Å²) in [7, 11) is 0. The van der Waals surface area contributed by atoms with Gasteiger partial charge in [-0.25, -0.2) is 4.79 Å². The molecule has 11 heteroatoms. The van der Waals surface area contributed by atoms with Gasteiger partial charge in [-0.2, -0.15) is 0 Å². The number of thioether (sulfide) groups is 1. The average Bonchev–Trinajstić information content (AvgIpc) is 3.15. The van der Waals surface area contributed by atoms with Crippen molar-refractivity contribution >= 4 is 75.9 Å². The second kappa shape index (κ2) is 7.09. The number of hydrogen-bond acceptors (Lipinski definition) is 5. The summed E-state index contributed by atoms with van der Waals surface area (Å²) in [5.74, 6) is -1.18. The van der Waals surface area contributed by atoms with Crippen molar-refractivity contribution < 1.29 is 19.1 Å². The first-order valence-electron chi connectivity index (χ1n) is 8.76. The Balaban J connectivity index is 1.41. The molecule has 2 heterocycles. The molecule has 3 unspecified atom stereocenters. The van der Waals surface area contributed by atoms with Crippen LogP contribution in [0.1, 0.15) is 18.9 Å². The molecule has 1 saturated carbocycles. The van der Waals surface area contributed by atoms with E-state index in [1.807, 2.05) is 6.92 Å². The summed E-state index contributed by atoms with van der Waals surface area (Å²) in [6, 6.07) is 6.28. The SMILES string of the molecule is CC12CC1(C(=O)OCC(Cl)(Cl)Cl)N1C(=O)C(NC(=O)Cc3cccc(Cl)c3)[C@@H]1S2. The van der Waals surface area contributed by atoms with Gasteiger partial charge in [0.05, 0.1) is 11.2 Å². The number of fused-ring (bicyclic) bond motifs is 3. The maximum atomic E-state index is 12.8. The van der Waals surface area contributed by atoms with E-state index in [1.165, 1.54) is 16.7 Å². The number of nitrogens with zero attached hydrogens (tertiary/aromatic N) is 1. The zero-order valence-electron chi connectivity index (χ0n) is 15.1. The Morgan fingerprint density at radius 2 is 2.10 bits per heavy atom. The van der Waals surface area contributed by atoms with Crippen molar-refractivity contribution in [3.05, 3.63) is 34.9 Å². The normalized spacial score (nSPS) is 32.2. The van der Waals surface area contributed by atoms with E-state index in [0.29, 0.717) is 11.4 Å². The molecule has 0 spiro atoms. The standard InChI is InChI=1S/C18H16Cl4N2O4S/c1-16-7-17(16,15(27)28-8-18(20,21)22)24-13(26)12(14(24)29-16)23-11(25)6-9-3-2-4-10(19)5-9/h2-5,12,14H,6-8H2,1H3,(H,23,25)/t12?,14-,16?,17?/m0/s1. The number of carbonyl (C=O) groups excluding carboxylic acids is 3. The number of carbonyl (C=O) groups is 3. The Kier molecular flexibility index (Phi) is 5.23. The molecule has 0 radical (unpaired) electrons. The maximum absolute atomic E-state index is 12.8. The smallest absolute Gasteiger partial charge is 0.333 e. The summed E-state index contributed by atoms with van der Waals surface area (Å²) in [6.45, 7) is 1.50. The fourth-order valence-corrected chi connectivity index (χ4v) is 6.31. The van der Waals surface area contributed by atoms with Gasteiger partial charge in [-0.05, 0) is 24.6 Å². The van der Waals surface area contributed by atoms with Crippen LogP contribution in [0.5, 0.6) is 0 Å². The first kappa shape index (κ1) is 21.4. The number of hydrogen-bond donors (Lipinski definition) is 1. The number of nitrogens with one attached hydrogen (secondary N) is 1. The topological polar surface area (TPSA) is 75.7 Å². The van der Waals surface area contributed by atoms with Gasteiger partial charge in [0, 0.05) is 11.4 Å². The van der Waals surface area contributed by atoms with E-state index < -0.39 is 32.7 Å². The van der Waals surface area contributed by atoms with Crippen LogP contribution in [0.25, 0.3) is 0 Å². The second-order valence-electron chi connectivity index (χ2n) is 7.53. The second-order valence-corrected chi connectivity index (χ2v) is 12.1. The highest BCUT2D eigenvalue weighted by Crippen LogP contribution is 2.72. The fourth-order valence-electron chi connectivity index (χ4n) is 4.02. The third-order valence-corrected chi connectivity index (χ3v) is 7.74. The summed E-state index contributed by atoms with van der Waals surface area (Å²) < 4.78 is 2.96. The van der Waals surface area contributed by atoms with Crippen molar-refractivity contribution in [1.29, 1.82) is 0 Å². The molecule has 0 bridgehead atoms. The summed E-state index contributed by atoms with van der Waals surface area (Å²) in [6.07, 6.45) is 0.574. The zero-order chi connectivity index (χ0) is 21.2. The molecule has 1 aromatic carbocycles. The van der Waals surface area contributed by atoms with E-state index in [0.717, 1.165) is 5.56 Å². The highest BCUT2D eigenvalue weighted by molar-refractivity contribution is 8.02. The van der Waals surface area contributed by atoms with Crippen molar-refractivity contribution in [2.75, 3.05) is 6.61 Å². The molecule has 1 N–H and O–H groups in total. The van der Waals surface area contributed by atoms with Crippen LogP contribution >= 0.6 is 58.2 Å². The van der Waals surface area contributed by atoms with Crippen LogP contribution in [0.3, 0.4) is 0 Å². The number of ether oxygens (including phenoxy) is 1. The Morgan fingerprint density at radius 3 is 2.76 bits per heavy atom. The third kappa shape index (κ3) is 3.59. The van der Waals surface area contributed by atoms with E-state index in [-0.39, 0.29) is 23.6 Å². The van der Waals surface area contributed by atoms with Crippen molar-refractivity contribution in [3.8, 4) is 0 Å². The Hall–Kier alpha value is -0.860. The lowest BCUT2D eigenvalue weighted by Crippen LogP contribution is -2.72. The molecular formula is C18H16Cl4N2O4S. The van der Waals surface area contributed by atoms with Crippen molar-refractivity contribution in [2.45, 2.75) is 45.3 Å². The monoisotopic (exact) mass is 496 g/mol. The van der Waals surface area contributed by atoms with Crippen molar-refractivity contribution in [2.24, 2.45) is 0 Å². The molecule has 3 fully saturated rings. The van der Waals surface area contributed by atoms with Crippen LogP contribution in [0.15, 0.2) is 24.3 Å². The van der Waals surface area contributed by atoms with Gasteiger partial charge in [0.2, 0.25) is 15.6 Å². The minimum atomic E-state index is -1.72. The van der Waals surface area contributed by atoms with E-state index in [1.54, 1.807) is 24.3 Å². The van der Waals surface area contributed by atoms with Gasteiger partial charge >= 0.3 is 5.97 Å². The fraction of sp³-hybridized carbons (Fsp3) is 0.500. The van der Waals surface area contributed by atoms with Crippen LogP contribution in [0.2, 0.25) is 5.02 Å². The first-order chi connectivity index (χ1) is 13.5. The number of β-lactam (4-membered cyclic amide) rings is 1. The molecule has 1 aliphatic carbocycles. The summed E-state index contributed by atoms with van der Waals surface area (Å²) in [4.78, 5) is 39.4. The summed E-state index contributed by atoms with van der Waals surface area (Å²) in [5.41, 5.74) is -0.317. The lowest BCUT2D eigenvalue weighted by Gasteiger charge is -2.46. The number of esters is 1. The molecule has 2 aliphatic heterocycles. The minimum Gasteiger partial charge on any atom is -0.459 e. The minimum absolute atomic E-state index is 0.107. The summed E-state index contributed by atoms with van der Waals surface area (Å²) in [5, 5.41) is 2.98. The van der Waals surface area contributed by atoms with E-state index in [4.69, 9.17) is 51.1 Å². The van der Waals surface area contributed by atoms with Gasteiger partial charge in [0.1, 0.15) is 18.0 Å². The first-order valence-corrected chi connectivity index (χ1v) is 11.1. The lowest BCUT2D eigenvalue weighted by molar-refractivity contribution is -0.166. The van der Waals surface area contributed by atoms with Crippen molar-refractivity contribution in [3.63, 3.8) is 0 Å². The van der Waals surface area contributed by atoms with Gasteiger partial charge in [-0.1, -0.05) is 58.5 Å². The van der Waals surface area contributed by atoms with Gasteiger partial charge in [0.15, 0.2) is 5.54 Å². The molecule has 29 heavy (non-hydrogen) atoms. The summed E-state index contributed by atoms with van der Waals surface area (Å²) >= 11 is 24.4. The van der Waals surface area contributed by atoms with Gasteiger partial charge < -0.3 is 15.0 Å². The number of halogens is 4. The molecule has 4 rings (SSSR count). The Morgan fingerprint density at radius 1 is 1.38 bits per heavy atom. The predicted molar refractivity (Wildman–Crippen MR) is 112 cm³/mol. The van der Waals surface area contributed by atoms with Gasteiger partial charge in [-0.3, -0.25) is 9.59 Å². The molecule has 3 aliphatic rings. The molecule has 6 nitrogen and oxygen atoms in total. The highest BCUT2D eigenvalue weighted by Gasteiger charge is 2.85. The molecule has 4 atom stereocenters. The number of benzene rings is 1. The molecule has 2 amide bonds. The van der Waals surface area contributed by atoms with Crippen LogP contribution < -0.4 is 5.32 Å². The van der Waals surface area contributed by atoms with E-state index >= 15 is 0 Å². The largest absolute Gasteiger partial charge is 0.459 e. The lowest BCUT2D eigenvalue weighted by atomic mass is 10.00. The third-order valence-electron chi connectivity index (χ3n) is 5.45.